The quantitative estimate of drug-likeness (QED) is 0.783. The number of ether oxygens (including phenoxy) is 1. The Morgan fingerprint density at radius 3 is 2.38 bits per heavy atom. The van der Waals surface area contributed by atoms with Gasteiger partial charge >= 0.3 is 6.09 Å². The monoisotopic (exact) mass is 356 g/mol. The van der Waals surface area contributed by atoms with Crippen molar-refractivity contribution >= 4 is 20.2 Å². The van der Waals surface area contributed by atoms with E-state index in [0.717, 1.165) is 0 Å². The highest BCUT2D eigenvalue weighted by atomic mass is 28.4. The van der Waals surface area contributed by atoms with E-state index in [1.54, 1.807) is 37.9 Å². The summed E-state index contributed by atoms with van der Waals surface area (Å²) in [5.41, 5.74) is 2.08. The molecule has 0 bridgehead atoms. The molecule has 6 nitrogen and oxygen atoms in total. The van der Waals surface area contributed by atoms with Crippen LogP contribution in [0.2, 0.25) is 18.1 Å². The highest BCUT2D eigenvalue weighted by molar-refractivity contribution is 6.74. The van der Waals surface area contributed by atoms with Crippen LogP contribution < -0.4 is 5.43 Å². The van der Waals surface area contributed by atoms with Crippen molar-refractivity contribution in [3.05, 3.63) is 12.2 Å². The van der Waals surface area contributed by atoms with E-state index in [-0.39, 0.29) is 17.4 Å². The van der Waals surface area contributed by atoms with Crippen LogP contribution in [0.4, 0.5) is 4.79 Å². The molecule has 1 amide bonds. The van der Waals surface area contributed by atoms with Crippen LogP contribution in [-0.2, 0) is 14.0 Å². The Balaban J connectivity index is 2.76. The van der Waals surface area contributed by atoms with Crippen molar-refractivity contribution in [2.75, 3.05) is 13.2 Å². The number of ketones is 1. The molecule has 1 heterocycles. The normalized spacial score (nSPS) is 20.2. The molecule has 0 saturated carbocycles. The average molecular weight is 357 g/mol. The SMILES string of the molecule is CC(C)(C)OC(=O)NN1CC=CC(=O)[C@H]1CO[Si](C)(C)C(C)(C)C. The lowest BCUT2D eigenvalue weighted by Gasteiger charge is -2.39. The Morgan fingerprint density at radius 1 is 1.29 bits per heavy atom. The molecule has 0 aromatic heterocycles. The number of nitrogens with zero attached hydrogens (tertiary/aromatic N) is 1. The summed E-state index contributed by atoms with van der Waals surface area (Å²) in [4.78, 5) is 24.2. The number of rotatable bonds is 4. The zero-order valence-electron chi connectivity index (χ0n) is 16.2. The minimum Gasteiger partial charge on any atom is -0.443 e. The van der Waals surface area contributed by atoms with Crippen LogP contribution in [0.25, 0.3) is 0 Å². The molecule has 0 unspecified atom stereocenters. The molecule has 138 valence electrons. The fraction of sp³-hybridized carbons (Fsp3) is 0.765. The lowest BCUT2D eigenvalue weighted by molar-refractivity contribution is -0.122. The van der Waals surface area contributed by atoms with E-state index in [2.05, 4.69) is 39.3 Å². The summed E-state index contributed by atoms with van der Waals surface area (Å²) in [5, 5.41) is 1.65. The molecule has 0 aromatic rings. The van der Waals surface area contributed by atoms with E-state index in [1.165, 1.54) is 0 Å². The van der Waals surface area contributed by atoms with Crippen molar-refractivity contribution < 1.29 is 18.8 Å². The van der Waals surface area contributed by atoms with E-state index >= 15 is 0 Å². The summed E-state index contributed by atoms with van der Waals surface area (Å²) in [5.74, 6) is -0.0731. The van der Waals surface area contributed by atoms with Crippen molar-refractivity contribution in [2.24, 2.45) is 0 Å². The molecule has 1 atom stereocenters. The molecule has 1 aliphatic rings. The van der Waals surface area contributed by atoms with E-state index in [0.29, 0.717) is 6.54 Å². The fourth-order valence-corrected chi connectivity index (χ4v) is 2.90. The number of carbonyl (C=O) groups is 2. The predicted octanol–water partition coefficient (Wildman–Crippen LogP) is 3.26. The first-order valence-electron chi connectivity index (χ1n) is 8.33. The molecule has 24 heavy (non-hydrogen) atoms. The van der Waals surface area contributed by atoms with Crippen LogP contribution >= 0.6 is 0 Å². The summed E-state index contributed by atoms with van der Waals surface area (Å²) in [7, 11) is -1.97. The fourth-order valence-electron chi connectivity index (χ4n) is 1.89. The smallest absolute Gasteiger partial charge is 0.422 e. The first-order chi connectivity index (χ1) is 10.7. The zero-order valence-corrected chi connectivity index (χ0v) is 17.2. The van der Waals surface area contributed by atoms with Gasteiger partial charge in [-0.05, 0) is 45.0 Å². The maximum atomic E-state index is 12.3. The van der Waals surface area contributed by atoms with E-state index < -0.39 is 26.1 Å². The molecule has 7 heteroatoms. The van der Waals surface area contributed by atoms with Crippen LogP contribution in [0, 0.1) is 0 Å². The third-order valence-electron chi connectivity index (χ3n) is 4.33. The highest BCUT2D eigenvalue weighted by Crippen LogP contribution is 2.36. The molecular weight excluding hydrogens is 324 g/mol. The van der Waals surface area contributed by atoms with E-state index in [9.17, 15) is 9.59 Å². The van der Waals surface area contributed by atoms with Crippen LogP contribution in [0.15, 0.2) is 12.2 Å². The largest absolute Gasteiger partial charge is 0.443 e. The molecule has 1 aliphatic heterocycles. The second-order valence-corrected chi connectivity index (χ2v) is 13.5. The summed E-state index contributed by atoms with van der Waals surface area (Å²) >= 11 is 0. The third-order valence-corrected chi connectivity index (χ3v) is 8.83. The van der Waals surface area contributed by atoms with E-state index in [4.69, 9.17) is 9.16 Å². The number of nitrogens with one attached hydrogen (secondary N) is 1. The van der Waals surface area contributed by atoms with Crippen LogP contribution in [0.3, 0.4) is 0 Å². The minimum atomic E-state index is -1.97. The molecule has 0 radical (unpaired) electrons. The summed E-state index contributed by atoms with van der Waals surface area (Å²) in [6, 6.07) is -0.531. The number of amides is 1. The molecule has 0 fully saturated rings. The predicted molar refractivity (Wildman–Crippen MR) is 97.2 cm³/mol. The van der Waals surface area contributed by atoms with Crippen LogP contribution in [0.5, 0.6) is 0 Å². The highest BCUT2D eigenvalue weighted by Gasteiger charge is 2.39. The standard InChI is InChI=1S/C17H32N2O4Si/c1-16(2,3)23-15(21)18-19-11-9-10-14(20)13(19)12-22-24(7,8)17(4,5)6/h9-10,13H,11-12H2,1-8H3,(H,18,21)/t13-/m1/s1. The van der Waals surface area contributed by atoms with Crippen molar-refractivity contribution in [3.63, 3.8) is 0 Å². The second-order valence-electron chi connectivity index (χ2n) is 8.66. The number of hydrazine groups is 1. The Kier molecular flexibility index (Phi) is 6.41. The summed E-state index contributed by atoms with van der Waals surface area (Å²) < 4.78 is 11.4. The first kappa shape index (κ1) is 20.9. The molecule has 0 saturated heterocycles. The van der Waals surface area contributed by atoms with Crippen LogP contribution in [-0.4, -0.2) is 50.0 Å². The first-order valence-corrected chi connectivity index (χ1v) is 11.2. The zero-order chi connectivity index (χ0) is 18.8. The topological polar surface area (TPSA) is 67.9 Å². The molecule has 0 spiro atoms. The average Bonchev–Trinajstić information content (AvgIpc) is 2.34. The van der Waals surface area contributed by atoms with Crippen molar-refractivity contribution in [1.29, 1.82) is 0 Å². The molecule has 1 N–H and O–H groups in total. The maximum absolute atomic E-state index is 12.3. The Bertz CT molecular complexity index is 504. The van der Waals surface area contributed by atoms with Crippen LogP contribution in [0.1, 0.15) is 41.5 Å². The van der Waals surface area contributed by atoms with E-state index in [1.807, 2.05) is 0 Å². The number of hydrogen-bond acceptors (Lipinski definition) is 5. The number of carbonyl (C=O) groups excluding carboxylic acids is 2. The van der Waals surface area contributed by atoms with Gasteiger partial charge in [0.05, 0.1) is 6.61 Å². The van der Waals surface area contributed by atoms with Gasteiger partial charge in [0.2, 0.25) is 0 Å². The second kappa shape index (κ2) is 7.37. The Morgan fingerprint density at radius 2 is 1.88 bits per heavy atom. The Labute approximate surface area is 146 Å². The molecular formula is C17H32N2O4Si. The third kappa shape index (κ3) is 6.03. The summed E-state index contributed by atoms with van der Waals surface area (Å²) in [6.07, 6.45) is 2.71. The van der Waals surface area contributed by atoms with Crippen molar-refractivity contribution in [1.82, 2.24) is 10.4 Å². The van der Waals surface area contributed by atoms with Gasteiger partial charge in [0.15, 0.2) is 14.1 Å². The minimum absolute atomic E-state index is 0.0595. The summed E-state index contributed by atoms with van der Waals surface area (Å²) in [6.45, 7) is 16.8. The van der Waals surface area contributed by atoms with Gasteiger partial charge in [-0.2, -0.15) is 0 Å². The maximum Gasteiger partial charge on any atom is 0.422 e. The molecule has 1 rings (SSSR count). The Hall–Kier alpha value is -1.18. The van der Waals surface area contributed by atoms with Crippen molar-refractivity contribution in [3.8, 4) is 0 Å². The van der Waals surface area contributed by atoms with Gasteiger partial charge in [0.1, 0.15) is 11.6 Å². The van der Waals surface area contributed by atoms with Gasteiger partial charge in [-0.1, -0.05) is 26.8 Å². The van der Waals surface area contributed by atoms with Gasteiger partial charge in [-0.25, -0.2) is 9.80 Å². The van der Waals surface area contributed by atoms with Crippen molar-refractivity contribution in [2.45, 2.75) is 71.3 Å². The molecule has 0 aliphatic carbocycles. The van der Waals surface area contributed by atoms with Gasteiger partial charge in [-0.3, -0.25) is 10.2 Å². The van der Waals surface area contributed by atoms with Gasteiger partial charge in [0.25, 0.3) is 0 Å². The lowest BCUT2D eigenvalue weighted by Crippen LogP contribution is -2.57. The number of hydrogen-bond donors (Lipinski definition) is 1. The van der Waals surface area contributed by atoms with Gasteiger partial charge in [-0.15, -0.1) is 0 Å². The lowest BCUT2D eigenvalue weighted by atomic mass is 10.1. The van der Waals surface area contributed by atoms with Gasteiger partial charge in [0, 0.05) is 6.54 Å². The molecule has 0 aromatic carbocycles. The van der Waals surface area contributed by atoms with Gasteiger partial charge < -0.3 is 9.16 Å².